The van der Waals surface area contributed by atoms with E-state index in [-0.39, 0.29) is 18.2 Å². The van der Waals surface area contributed by atoms with Crippen molar-refractivity contribution in [1.29, 1.82) is 0 Å². The van der Waals surface area contributed by atoms with Gasteiger partial charge in [0, 0.05) is 29.7 Å². The number of nitrogens with zero attached hydrogens (tertiary/aromatic N) is 3. The molecule has 2 heterocycles. The minimum Gasteiger partial charge on any atom is -0.312 e. The summed E-state index contributed by atoms with van der Waals surface area (Å²) in [4.78, 5) is 26.9. The Kier molecular flexibility index (Phi) is 4.88. The van der Waals surface area contributed by atoms with Crippen molar-refractivity contribution in [2.45, 2.75) is 13.3 Å². The Labute approximate surface area is 167 Å². The van der Waals surface area contributed by atoms with Crippen molar-refractivity contribution in [2.75, 3.05) is 16.8 Å². The van der Waals surface area contributed by atoms with Crippen molar-refractivity contribution in [3.8, 4) is 5.69 Å². The number of aryl methyl sites for hydroxylation is 1. The first-order valence-electron chi connectivity index (χ1n) is 9.00. The molecule has 6 nitrogen and oxygen atoms in total. The van der Waals surface area contributed by atoms with E-state index in [0.29, 0.717) is 17.4 Å². The topological polar surface area (TPSA) is 67.2 Å². The standard InChI is InChI=1S/C21H19ClN4O2/c1-14-10-19(26(24-14)18-9-5-6-16(22)12-18)23-21(28)15-11-20(27)25(13-15)17-7-3-2-4-8-17/h2-10,12,15H,11,13H2,1H3,(H,23,28). The second-order valence-electron chi connectivity index (χ2n) is 6.79. The van der Waals surface area contributed by atoms with Crippen molar-refractivity contribution in [2.24, 2.45) is 5.92 Å². The van der Waals surface area contributed by atoms with Gasteiger partial charge >= 0.3 is 0 Å². The molecule has 4 rings (SSSR count). The minimum atomic E-state index is -0.421. The SMILES string of the molecule is Cc1cc(NC(=O)C2CC(=O)N(c3ccccc3)C2)n(-c2cccc(Cl)c2)n1. The van der Waals surface area contributed by atoms with E-state index in [1.165, 1.54) is 0 Å². The van der Waals surface area contributed by atoms with Crippen LogP contribution in [0.3, 0.4) is 0 Å². The van der Waals surface area contributed by atoms with E-state index >= 15 is 0 Å². The van der Waals surface area contributed by atoms with Crippen molar-refractivity contribution in [3.63, 3.8) is 0 Å². The Morgan fingerprint density at radius 2 is 1.86 bits per heavy atom. The van der Waals surface area contributed by atoms with Crippen LogP contribution in [0.5, 0.6) is 0 Å². The minimum absolute atomic E-state index is 0.0501. The van der Waals surface area contributed by atoms with Gasteiger partial charge in [0.2, 0.25) is 11.8 Å². The van der Waals surface area contributed by atoms with Crippen molar-refractivity contribution < 1.29 is 9.59 Å². The van der Waals surface area contributed by atoms with Gasteiger partial charge < -0.3 is 10.2 Å². The maximum Gasteiger partial charge on any atom is 0.230 e. The number of para-hydroxylation sites is 1. The van der Waals surface area contributed by atoms with E-state index in [1.807, 2.05) is 49.4 Å². The molecule has 28 heavy (non-hydrogen) atoms. The van der Waals surface area contributed by atoms with E-state index in [0.717, 1.165) is 17.1 Å². The summed E-state index contributed by atoms with van der Waals surface area (Å²) >= 11 is 6.08. The Bertz CT molecular complexity index is 1030. The molecule has 0 spiro atoms. The molecule has 142 valence electrons. The Morgan fingerprint density at radius 3 is 2.61 bits per heavy atom. The molecule has 1 N–H and O–H groups in total. The van der Waals surface area contributed by atoms with E-state index < -0.39 is 5.92 Å². The van der Waals surface area contributed by atoms with E-state index in [1.54, 1.807) is 27.8 Å². The van der Waals surface area contributed by atoms with Gasteiger partial charge in [0.1, 0.15) is 5.82 Å². The molecule has 7 heteroatoms. The first kappa shape index (κ1) is 18.3. The number of amides is 2. The summed E-state index contributed by atoms with van der Waals surface area (Å²) in [7, 11) is 0. The highest BCUT2D eigenvalue weighted by molar-refractivity contribution is 6.30. The molecule has 1 aromatic heterocycles. The van der Waals surface area contributed by atoms with Gasteiger partial charge in [-0.05, 0) is 37.3 Å². The number of anilines is 2. The number of aromatic nitrogens is 2. The first-order chi connectivity index (χ1) is 13.5. The van der Waals surface area contributed by atoms with Crippen LogP contribution in [0.25, 0.3) is 5.69 Å². The lowest BCUT2D eigenvalue weighted by molar-refractivity contribution is -0.122. The van der Waals surface area contributed by atoms with Gasteiger partial charge in [-0.15, -0.1) is 0 Å². The van der Waals surface area contributed by atoms with Crippen LogP contribution in [0.15, 0.2) is 60.7 Å². The molecule has 2 amide bonds. The Hall–Kier alpha value is -3.12. The monoisotopic (exact) mass is 394 g/mol. The normalized spacial score (nSPS) is 16.4. The predicted octanol–water partition coefficient (Wildman–Crippen LogP) is 3.83. The van der Waals surface area contributed by atoms with E-state index in [2.05, 4.69) is 10.4 Å². The summed E-state index contributed by atoms with van der Waals surface area (Å²) in [5, 5.41) is 7.95. The summed E-state index contributed by atoms with van der Waals surface area (Å²) in [6.07, 6.45) is 0.186. The first-order valence-corrected chi connectivity index (χ1v) is 9.38. The molecule has 1 unspecified atom stereocenters. The van der Waals surface area contributed by atoms with Crippen LogP contribution in [-0.2, 0) is 9.59 Å². The number of hydrogen-bond acceptors (Lipinski definition) is 3. The second-order valence-corrected chi connectivity index (χ2v) is 7.23. The third-order valence-corrected chi connectivity index (χ3v) is 4.93. The Balaban J connectivity index is 1.53. The molecule has 1 fully saturated rings. The molecule has 1 atom stereocenters. The maximum absolute atomic E-state index is 12.8. The van der Waals surface area contributed by atoms with Crippen molar-refractivity contribution in [3.05, 3.63) is 71.4 Å². The summed E-state index contributed by atoms with van der Waals surface area (Å²) in [6.45, 7) is 2.21. The van der Waals surface area contributed by atoms with Crippen molar-refractivity contribution >= 4 is 34.9 Å². The van der Waals surface area contributed by atoms with Crippen LogP contribution in [-0.4, -0.2) is 28.1 Å². The highest BCUT2D eigenvalue weighted by Crippen LogP contribution is 2.27. The summed E-state index contributed by atoms with van der Waals surface area (Å²) in [5.41, 5.74) is 2.33. The zero-order valence-corrected chi connectivity index (χ0v) is 16.1. The average Bonchev–Trinajstić information content (AvgIpc) is 3.25. The fraction of sp³-hybridized carbons (Fsp3) is 0.190. The molecule has 0 aliphatic carbocycles. The zero-order valence-electron chi connectivity index (χ0n) is 15.3. The molecule has 0 bridgehead atoms. The molecular weight excluding hydrogens is 376 g/mol. The quantitative estimate of drug-likeness (QED) is 0.731. The highest BCUT2D eigenvalue weighted by Gasteiger charge is 2.35. The van der Waals surface area contributed by atoms with Crippen molar-refractivity contribution in [1.82, 2.24) is 9.78 Å². The molecule has 3 aromatic rings. The third-order valence-electron chi connectivity index (χ3n) is 4.70. The van der Waals surface area contributed by atoms with Gasteiger partial charge in [0.05, 0.1) is 17.3 Å². The number of rotatable bonds is 4. The lowest BCUT2D eigenvalue weighted by atomic mass is 10.1. The van der Waals surface area contributed by atoms with Crippen LogP contribution in [0.4, 0.5) is 11.5 Å². The predicted molar refractivity (Wildman–Crippen MR) is 109 cm³/mol. The van der Waals surface area contributed by atoms with Gasteiger partial charge in [-0.25, -0.2) is 4.68 Å². The lowest BCUT2D eigenvalue weighted by Crippen LogP contribution is -2.28. The van der Waals surface area contributed by atoms with Crippen LogP contribution in [0, 0.1) is 12.8 Å². The number of benzene rings is 2. The Morgan fingerprint density at radius 1 is 1.11 bits per heavy atom. The summed E-state index contributed by atoms with van der Waals surface area (Å²) in [6, 6.07) is 18.4. The van der Waals surface area contributed by atoms with E-state index in [4.69, 9.17) is 11.6 Å². The van der Waals surface area contributed by atoms with Crippen LogP contribution >= 0.6 is 11.6 Å². The van der Waals surface area contributed by atoms with Gasteiger partial charge in [0.25, 0.3) is 0 Å². The van der Waals surface area contributed by atoms with E-state index in [9.17, 15) is 9.59 Å². The number of hydrogen-bond donors (Lipinski definition) is 1. The maximum atomic E-state index is 12.8. The summed E-state index contributed by atoms with van der Waals surface area (Å²) in [5.74, 6) is -0.119. The highest BCUT2D eigenvalue weighted by atomic mass is 35.5. The van der Waals surface area contributed by atoms with Crippen LogP contribution < -0.4 is 10.2 Å². The van der Waals surface area contributed by atoms with Gasteiger partial charge in [0.15, 0.2) is 0 Å². The molecule has 1 saturated heterocycles. The molecule has 0 saturated carbocycles. The molecular formula is C21H19ClN4O2. The third kappa shape index (κ3) is 3.64. The number of nitrogens with one attached hydrogen (secondary N) is 1. The fourth-order valence-corrected chi connectivity index (χ4v) is 3.55. The summed E-state index contributed by atoms with van der Waals surface area (Å²) < 4.78 is 1.64. The zero-order chi connectivity index (χ0) is 19.7. The molecule has 0 radical (unpaired) electrons. The number of carbonyl (C=O) groups excluding carboxylic acids is 2. The average molecular weight is 395 g/mol. The fourth-order valence-electron chi connectivity index (χ4n) is 3.36. The molecule has 1 aliphatic heterocycles. The molecule has 2 aromatic carbocycles. The van der Waals surface area contributed by atoms with Crippen LogP contribution in [0.1, 0.15) is 12.1 Å². The smallest absolute Gasteiger partial charge is 0.230 e. The van der Waals surface area contributed by atoms with Gasteiger partial charge in [-0.2, -0.15) is 5.10 Å². The molecule has 1 aliphatic rings. The van der Waals surface area contributed by atoms with Gasteiger partial charge in [-0.3, -0.25) is 9.59 Å². The second kappa shape index (κ2) is 7.48. The number of carbonyl (C=O) groups is 2. The number of halogens is 1. The van der Waals surface area contributed by atoms with Crippen LogP contribution in [0.2, 0.25) is 5.02 Å². The lowest BCUT2D eigenvalue weighted by Gasteiger charge is -2.16. The van der Waals surface area contributed by atoms with Gasteiger partial charge in [-0.1, -0.05) is 35.9 Å². The largest absolute Gasteiger partial charge is 0.312 e.